The summed E-state index contributed by atoms with van der Waals surface area (Å²) >= 11 is 0. The Morgan fingerprint density at radius 2 is 2.25 bits per heavy atom. The normalized spacial score (nSPS) is 16.6. The van der Waals surface area contributed by atoms with E-state index in [9.17, 15) is 4.79 Å². The van der Waals surface area contributed by atoms with Crippen molar-refractivity contribution < 1.29 is 4.79 Å². The van der Waals surface area contributed by atoms with Crippen LogP contribution in [0.2, 0.25) is 0 Å². The van der Waals surface area contributed by atoms with Gasteiger partial charge in [-0.05, 0) is 25.8 Å². The Morgan fingerprint density at radius 3 is 2.81 bits per heavy atom. The number of aromatic nitrogens is 2. The van der Waals surface area contributed by atoms with Crippen LogP contribution in [0.15, 0.2) is 6.07 Å². The second kappa shape index (κ2) is 4.68. The van der Waals surface area contributed by atoms with Crippen molar-refractivity contribution in [2.24, 2.45) is 7.05 Å². The second-order valence-corrected chi connectivity index (χ2v) is 4.63. The molecule has 4 heteroatoms. The third-order valence-electron chi connectivity index (χ3n) is 3.16. The number of carbonyl (C=O) groups is 1. The molecule has 1 N–H and O–H groups in total. The molecule has 0 saturated heterocycles. The molecule has 1 heterocycles. The minimum absolute atomic E-state index is 0.120. The smallest absolute Gasteiger partial charge is 0.226 e. The van der Waals surface area contributed by atoms with Crippen LogP contribution in [0.5, 0.6) is 0 Å². The molecular weight excluding hydrogens is 202 g/mol. The Hall–Kier alpha value is -1.32. The minimum Gasteiger partial charge on any atom is -0.353 e. The van der Waals surface area contributed by atoms with E-state index in [0.717, 1.165) is 24.2 Å². The lowest BCUT2D eigenvalue weighted by Gasteiger charge is -2.11. The van der Waals surface area contributed by atoms with Gasteiger partial charge in [-0.15, -0.1) is 0 Å². The van der Waals surface area contributed by atoms with Crippen molar-refractivity contribution in [2.45, 2.75) is 45.1 Å². The highest BCUT2D eigenvalue weighted by molar-refractivity contribution is 5.78. The molecule has 1 fully saturated rings. The predicted octanol–water partition coefficient (Wildman–Crippen LogP) is 1.33. The van der Waals surface area contributed by atoms with Crippen molar-refractivity contribution in [3.05, 3.63) is 17.5 Å². The largest absolute Gasteiger partial charge is 0.353 e. The zero-order chi connectivity index (χ0) is 11.5. The third kappa shape index (κ3) is 2.62. The fourth-order valence-corrected chi connectivity index (χ4v) is 2.34. The second-order valence-electron chi connectivity index (χ2n) is 4.63. The summed E-state index contributed by atoms with van der Waals surface area (Å²) in [6, 6.07) is 2.37. The highest BCUT2D eigenvalue weighted by Crippen LogP contribution is 2.17. The fourth-order valence-electron chi connectivity index (χ4n) is 2.34. The standard InChI is InChI=1S/C12H19N3O/c1-9-7-11(15(2)14-9)8-12(16)13-10-5-3-4-6-10/h7,10H,3-6,8H2,1-2H3,(H,13,16). The Labute approximate surface area is 96.0 Å². The van der Waals surface area contributed by atoms with Gasteiger partial charge in [0.25, 0.3) is 0 Å². The summed E-state index contributed by atoms with van der Waals surface area (Å²) in [5.41, 5.74) is 1.94. The van der Waals surface area contributed by atoms with Crippen LogP contribution in [0.1, 0.15) is 37.1 Å². The summed E-state index contributed by atoms with van der Waals surface area (Å²) in [4.78, 5) is 11.8. The summed E-state index contributed by atoms with van der Waals surface area (Å²) in [5, 5.41) is 7.32. The van der Waals surface area contributed by atoms with Gasteiger partial charge < -0.3 is 5.32 Å². The first kappa shape index (κ1) is 11.2. The maximum Gasteiger partial charge on any atom is 0.226 e. The molecule has 0 atom stereocenters. The van der Waals surface area contributed by atoms with E-state index in [1.54, 1.807) is 4.68 Å². The van der Waals surface area contributed by atoms with Gasteiger partial charge in [0.15, 0.2) is 0 Å². The molecule has 0 aliphatic heterocycles. The van der Waals surface area contributed by atoms with E-state index in [4.69, 9.17) is 0 Å². The first-order valence-corrected chi connectivity index (χ1v) is 5.94. The topological polar surface area (TPSA) is 46.9 Å². The molecule has 4 nitrogen and oxygen atoms in total. The first-order chi connectivity index (χ1) is 7.65. The van der Waals surface area contributed by atoms with Gasteiger partial charge >= 0.3 is 0 Å². The highest BCUT2D eigenvalue weighted by atomic mass is 16.1. The third-order valence-corrected chi connectivity index (χ3v) is 3.16. The van der Waals surface area contributed by atoms with E-state index in [0.29, 0.717) is 12.5 Å². The lowest BCUT2D eigenvalue weighted by atomic mass is 10.2. The quantitative estimate of drug-likeness (QED) is 0.837. The average Bonchev–Trinajstić information content (AvgIpc) is 2.78. The lowest BCUT2D eigenvalue weighted by molar-refractivity contribution is -0.121. The molecule has 1 aromatic rings. The number of carbonyl (C=O) groups excluding carboxylic acids is 1. The van der Waals surface area contributed by atoms with Gasteiger partial charge in [0.1, 0.15) is 0 Å². The molecule has 1 amide bonds. The molecular formula is C12H19N3O. The molecule has 0 aromatic carbocycles. The van der Waals surface area contributed by atoms with Crippen LogP contribution in [0.4, 0.5) is 0 Å². The van der Waals surface area contributed by atoms with Crippen molar-refractivity contribution in [2.75, 3.05) is 0 Å². The Bertz CT molecular complexity index is 378. The maximum atomic E-state index is 11.8. The Kier molecular flexibility index (Phi) is 3.27. The zero-order valence-electron chi connectivity index (χ0n) is 9.99. The van der Waals surface area contributed by atoms with E-state index in [-0.39, 0.29) is 5.91 Å². The van der Waals surface area contributed by atoms with Crippen LogP contribution in [0, 0.1) is 6.92 Å². The molecule has 0 unspecified atom stereocenters. The highest BCUT2D eigenvalue weighted by Gasteiger charge is 2.17. The number of hydrogen-bond acceptors (Lipinski definition) is 2. The van der Waals surface area contributed by atoms with E-state index in [1.165, 1.54) is 12.8 Å². The van der Waals surface area contributed by atoms with E-state index >= 15 is 0 Å². The van der Waals surface area contributed by atoms with Crippen LogP contribution < -0.4 is 5.32 Å². The molecule has 1 aliphatic carbocycles. The van der Waals surface area contributed by atoms with Crippen molar-refractivity contribution in [3.8, 4) is 0 Å². The molecule has 0 radical (unpaired) electrons. The van der Waals surface area contributed by atoms with Gasteiger partial charge in [-0.2, -0.15) is 5.10 Å². The molecule has 0 spiro atoms. The summed E-state index contributed by atoms with van der Waals surface area (Å²) < 4.78 is 1.78. The van der Waals surface area contributed by atoms with Gasteiger partial charge in [-0.3, -0.25) is 9.48 Å². The Balaban J connectivity index is 1.89. The first-order valence-electron chi connectivity index (χ1n) is 5.94. The van der Waals surface area contributed by atoms with Crippen LogP contribution in [-0.4, -0.2) is 21.7 Å². The minimum atomic E-state index is 0.120. The summed E-state index contributed by atoms with van der Waals surface area (Å²) in [6.07, 6.45) is 5.20. The van der Waals surface area contributed by atoms with Gasteiger partial charge in [0, 0.05) is 18.8 Å². The molecule has 1 saturated carbocycles. The van der Waals surface area contributed by atoms with Crippen LogP contribution in [-0.2, 0) is 18.3 Å². The maximum absolute atomic E-state index is 11.8. The molecule has 88 valence electrons. The van der Waals surface area contributed by atoms with E-state index in [2.05, 4.69) is 10.4 Å². The van der Waals surface area contributed by atoms with Crippen molar-refractivity contribution in [3.63, 3.8) is 0 Å². The number of hydrogen-bond donors (Lipinski definition) is 1. The van der Waals surface area contributed by atoms with Crippen molar-refractivity contribution in [1.82, 2.24) is 15.1 Å². The molecule has 0 bridgehead atoms. The van der Waals surface area contributed by atoms with Gasteiger partial charge in [0.05, 0.1) is 12.1 Å². The van der Waals surface area contributed by atoms with Crippen LogP contribution in [0.3, 0.4) is 0 Å². The Morgan fingerprint density at radius 1 is 1.56 bits per heavy atom. The number of nitrogens with zero attached hydrogens (tertiary/aromatic N) is 2. The monoisotopic (exact) mass is 221 g/mol. The van der Waals surface area contributed by atoms with Crippen molar-refractivity contribution >= 4 is 5.91 Å². The number of rotatable bonds is 3. The lowest BCUT2D eigenvalue weighted by Crippen LogP contribution is -2.34. The van der Waals surface area contributed by atoms with Crippen molar-refractivity contribution in [1.29, 1.82) is 0 Å². The molecule has 1 aromatic heterocycles. The number of nitrogens with one attached hydrogen (secondary N) is 1. The summed E-state index contributed by atoms with van der Waals surface area (Å²) in [6.45, 7) is 1.94. The van der Waals surface area contributed by atoms with Gasteiger partial charge in [-0.1, -0.05) is 12.8 Å². The van der Waals surface area contributed by atoms with Gasteiger partial charge in [0.2, 0.25) is 5.91 Å². The molecule has 1 aliphatic rings. The average molecular weight is 221 g/mol. The number of aryl methyl sites for hydroxylation is 2. The van der Waals surface area contributed by atoms with Gasteiger partial charge in [-0.25, -0.2) is 0 Å². The predicted molar refractivity (Wildman–Crippen MR) is 62.0 cm³/mol. The van der Waals surface area contributed by atoms with E-state index in [1.807, 2.05) is 20.0 Å². The SMILES string of the molecule is Cc1cc(CC(=O)NC2CCCC2)n(C)n1. The molecule has 16 heavy (non-hydrogen) atoms. The molecule has 2 rings (SSSR count). The summed E-state index contributed by atoms with van der Waals surface area (Å²) in [5.74, 6) is 0.120. The van der Waals surface area contributed by atoms with Crippen LogP contribution in [0.25, 0.3) is 0 Å². The number of amides is 1. The fraction of sp³-hybridized carbons (Fsp3) is 0.667. The summed E-state index contributed by atoms with van der Waals surface area (Å²) in [7, 11) is 1.88. The van der Waals surface area contributed by atoms with Crippen LogP contribution >= 0.6 is 0 Å². The van der Waals surface area contributed by atoms with E-state index < -0.39 is 0 Å². The zero-order valence-corrected chi connectivity index (χ0v) is 9.99.